The van der Waals surface area contributed by atoms with Crippen LogP contribution in [-0.4, -0.2) is 17.8 Å². The first-order valence-electron chi connectivity index (χ1n) is 5.24. The summed E-state index contributed by atoms with van der Waals surface area (Å²) in [5.41, 5.74) is 1.28. The fourth-order valence-electron chi connectivity index (χ4n) is 1.96. The number of nitrogens with one attached hydrogen (secondary N) is 1. The fraction of sp³-hybridized carbons (Fsp3) is 0.500. The highest BCUT2D eigenvalue weighted by Gasteiger charge is 2.25. The topological polar surface area (TPSA) is 32.3 Å². The second kappa shape index (κ2) is 4.11. The van der Waals surface area contributed by atoms with Gasteiger partial charge < -0.3 is 10.4 Å². The van der Waals surface area contributed by atoms with Crippen molar-refractivity contribution in [1.82, 2.24) is 5.32 Å². The molecule has 2 N–H and O–H groups in total. The maximum absolute atomic E-state index is 9.77. The van der Waals surface area contributed by atoms with E-state index in [-0.39, 0.29) is 6.10 Å². The van der Waals surface area contributed by atoms with Gasteiger partial charge in [0.2, 0.25) is 0 Å². The van der Waals surface area contributed by atoms with E-state index in [1.807, 2.05) is 18.2 Å². The molecule has 1 aliphatic heterocycles. The molecule has 0 bridgehead atoms. The van der Waals surface area contributed by atoms with Gasteiger partial charge in [-0.25, -0.2) is 0 Å². The lowest BCUT2D eigenvalue weighted by molar-refractivity contribution is 0.0689. The van der Waals surface area contributed by atoms with Gasteiger partial charge in [0.25, 0.3) is 0 Å². The average Bonchev–Trinajstić information content (AvgIpc) is 2.23. The van der Waals surface area contributed by atoms with E-state index in [0.717, 1.165) is 13.0 Å². The summed E-state index contributed by atoms with van der Waals surface area (Å²) in [5, 5.41) is 13.2. The monoisotopic (exact) mass is 191 g/mol. The third-order valence-corrected chi connectivity index (χ3v) is 3.02. The minimum atomic E-state index is -0.165. The Labute approximate surface area is 85.0 Å². The molecular formula is C12H17NO. The summed E-state index contributed by atoms with van der Waals surface area (Å²) in [7, 11) is 0. The van der Waals surface area contributed by atoms with Gasteiger partial charge in [-0.1, -0.05) is 37.3 Å². The molecule has 76 valence electrons. The van der Waals surface area contributed by atoms with Crippen LogP contribution in [-0.2, 0) is 0 Å². The van der Waals surface area contributed by atoms with Gasteiger partial charge in [0.1, 0.15) is 0 Å². The van der Waals surface area contributed by atoms with Gasteiger partial charge in [-0.05, 0) is 17.9 Å². The van der Waals surface area contributed by atoms with Crippen LogP contribution >= 0.6 is 0 Å². The number of rotatable bonds is 1. The van der Waals surface area contributed by atoms with Crippen molar-refractivity contribution in [2.24, 2.45) is 5.92 Å². The summed E-state index contributed by atoms with van der Waals surface area (Å²) in [6.07, 6.45) is 0.659. The summed E-state index contributed by atoms with van der Waals surface area (Å²) >= 11 is 0. The van der Waals surface area contributed by atoms with Crippen molar-refractivity contribution in [2.75, 3.05) is 6.54 Å². The molecule has 3 atom stereocenters. The van der Waals surface area contributed by atoms with Gasteiger partial charge in [-0.2, -0.15) is 0 Å². The molecule has 1 heterocycles. The molecule has 1 aromatic rings. The van der Waals surface area contributed by atoms with E-state index in [1.54, 1.807) is 0 Å². The Morgan fingerprint density at radius 1 is 1.29 bits per heavy atom. The van der Waals surface area contributed by atoms with Gasteiger partial charge in [0, 0.05) is 12.6 Å². The summed E-state index contributed by atoms with van der Waals surface area (Å²) in [6, 6.07) is 10.7. The minimum absolute atomic E-state index is 0.165. The highest BCUT2D eigenvalue weighted by molar-refractivity contribution is 5.19. The number of aliphatic hydroxyl groups is 1. The summed E-state index contributed by atoms with van der Waals surface area (Å²) in [5.74, 6) is 0.370. The molecule has 0 spiro atoms. The molecule has 0 aliphatic carbocycles. The molecule has 1 aliphatic rings. The number of benzene rings is 1. The highest BCUT2D eigenvalue weighted by Crippen LogP contribution is 2.25. The fourth-order valence-corrected chi connectivity index (χ4v) is 1.96. The number of hydrogen-bond acceptors (Lipinski definition) is 2. The van der Waals surface area contributed by atoms with Gasteiger partial charge >= 0.3 is 0 Å². The van der Waals surface area contributed by atoms with Crippen molar-refractivity contribution in [3.63, 3.8) is 0 Å². The van der Waals surface area contributed by atoms with Gasteiger partial charge in [0.05, 0.1) is 6.10 Å². The van der Waals surface area contributed by atoms with Crippen molar-refractivity contribution < 1.29 is 5.11 Å². The van der Waals surface area contributed by atoms with Gasteiger partial charge in [-0.15, -0.1) is 0 Å². The van der Waals surface area contributed by atoms with Crippen LogP contribution in [0.5, 0.6) is 0 Å². The summed E-state index contributed by atoms with van der Waals surface area (Å²) < 4.78 is 0. The Bertz CT molecular complexity index is 286. The molecule has 2 heteroatoms. The zero-order valence-electron chi connectivity index (χ0n) is 8.48. The first-order chi connectivity index (χ1) is 6.77. The molecule has 1 fully saturated rings. The van der Waals surface area contributed by atoms with Crippen LogP contribution in [0.4, 0.5) is 0 Å². The number of hydrogen-bond donors (Lipinski definition) is 2. The second-order valence-electron chi connectivity index (χ2n) is 4.15. The predicted octanol–water partition coefficient (Wildman–Crippen LogP) is 1.72. The lowest BCUT2D eigenvalue weighted by atomic mass is 9.89. The third-order valence-electron chi connectivity index (χ3n) is 3.02. The minimum Gasteiger partial charge on any atom is -0.393 e. The van der Waals surface area contributed by atoms with Crippen LogP contribution in [0.1, 0.15) is 24.9 Å². The molecule has 2 rings (SSSR count). The standard InChI is InChI=1S/C12H17NO/c1-9-8-13-11(7-12(9)14)10-5-3-2-4-6-10/h2-6,9,11-14H,7-8H2,1H3/t9-,11-,12?/m1/s1. The third kappa shape index (κ3) is 1.97. The maximum Gasteiger partial charge on any atom is 0.0596 e. The zero-order chi connectivity index (χ0) is 9.97. The smallest absolute Gasteiger partial charge is 0.0596 e. The Kier molecular flexibility index (Phi) is 2.85. The number of piperidine rings is 1. The molecule has 14 heavy (non-hydrogen) atoms. The molecular weight excluding hydrogens is 174 g/mol. The van der Waals surface area contributed by atoms with Crippen LogP contribution in [0, 0.1) is 5.92 Å². The Morgan fingerprint density at radius 3 is 2.64 bits per heavy atom. The highest BCUT2D eigenvalue weighted by atomic mass is 16.3. The largest absolute Gasteiger partial charge is 0.393 e. The van der Waals surface area contributed by atoms with E-state index in [4.69, 9.17) is 0 Å². The van der Waals surface area contributed by atoms with Crippen molar-refractivity contribution in [3.8, 4) is 0 Å². The first kappa shape index (κ1) is 9.69. The van der Waals surface area contributed by atoms with Crippen molar-refractivity contribution in [2.45, 2.75) is 25.5 Å². The van der Waals surface area contributed by atoms with Crippen LogP contribution < -0.4 is 5.32 Å². The Balaban J connectivity index is 2.07. The molecule has 1 aromatic carbocycles. The summed E-state index contributed by atoms with van der Waals surface area (Å²) in [6.45, 7) is 2.99. The van der Waals surface area contributed by atoms with Crippen LogP contribution in [0.15, 0.2) is 30.3 Å². The van der Waals surface area contributed by atoms with E-state index < -0.39 is 0 Å². The van der Waals surface area contributed by atoms with Gasteiger partial charge in [-0.3, -0.25) is 0 Å². The molecule has 1 unspecified atom stereocenters. The molecule has 2 nitrogen and oxygen atoms in total. The van der Waals surface area contributed by atoms with Crippen LogP contribution in [0.3, 0.4) is 0 Å². The maximum atomic E-state index is 9.77. The molecule has 1 saturated heterocycles. The normalized spacial score (nSPS) is 32.9. The van der Waals surface area contributed by atoms with Crippen molar-refractivity contribution in [1.29, 1.82) is 0 Å². The number of aliphatic hydroxyl groups excluding tert-OH is 1. The van der Waals surface area contributed by atoms with E-state index >= 15 is 0 Å². The lowest BCUT2D eigenvalue weighted by Gasteiger charge is -2.32. The molecule has 0 amide bonds. The Morgan fingerprint density at radius 2 is 2.00 bits per heavy atom. The molecule has 0 radical (unpaired) electrons. The SMILES string of the molecule is C[C@@H]1CN[C@@H](c2ccccc2)CC1O. The lowest BCUT2D eigenvalue weighted by Crippen LogP contribution is -2.40. The van der Waals surface area contributed by atoms with E-state index in [0.29, 0.717) is 12.0 Å². The summed E-state index contributed by atoms with van der Waals surface area (Å²) in [4.78, 5) is 0. The van der Waals surface area contributed by atoms with Crippen molar-refractivity contribution >= 4 is 0 Å². The Hall–Kier alpha value is -0.860. The predicted molar refractivity (Wildman–Crippen MR) is 57.0 cm³/mol. The average molecular weight is 191 g/mol. The quantitative estimate of drug-likeness (QED) is 0.708. The van der Waals surface area contributed by atoms with Crippen molar-refractivity contribution in [3.05, 3.63) is 35.9 Å². The van der Waals surface area contributed by atoms with Crippen LogP contribution in [0.25, 0.3) is 0 Å². The molecule has 0 saturated carbocycles. The van der Waals surface area contributed by atoms with Gasteiger partial charge in [0.15, 0.2) is 0 Å². The van der Waals surface area contributed by atoms with E-state index in [1.165, 1.54) is 5.56 Å². The first-order valence-corrected chi connectivity index (χ1v) is 5.24. The molecule has 0 aromatic heterocycles. The second-order valence-corrected chi connectivity index (χ2v) is 4.15. The zero-order valence-corrected chi connectivity index (χ0v) is 8.48. The van der Waals surface area contributed by atoms with Crippen LogP contribution in [0.2, 0.25) is 0 Å². The van der Waals surface area contributed by atoms with E-state index in [2.05, 4.69) is 24.4 Å². The van der Waals surface area contributed by atoms with E-state index in [9.17, 15) is 5.11 Å².